The number of nitrogens with zero attached hydrogens (tertiary/aromatic N) is 3. The van der Waals surface area contributed by atoms with Crippen LogP contribution in [0.1, 0.15) is 25.3 Å². The molecule has 1 atom stereocenters. The van der Waals surface area contributed by atoms with Crippen molar-refractivity contribution in [2.24, 2.45) is 21.2 Å². The van der Waals surface area contributed by atoms with E-state index in [1.54, 1.807) is 18.3 Å². The van der Waals surface area contributed by atoms with Gasteiger partial charge in [-0.25, -0.2) is 17.9 Å². The average Bonchev–Trinajstić information content (AvgIpc) is 2.98. The third-order valence-corrected chi connectivity index (χ3v) is 5.35. The van der Waals surface area contributed by atoms with Crippen LogP contribution in [-0.4, -0.2) is 26.3 Å². The number of anilines is 1. The first-order chi connectivity index (χ1) is 13.8. The zero-order valence-electron chi connectivity index (χ0n) is 15.8. The van der Waals surface area contributed by atoms with Crippen molar-refractivity contribution in [1.82, 2.24) is 0 Å². The third kappa shape index (κ3) is 4.93. The van der Waals surface area contributed by atoms with E-state index < -0.39 is 15.9 Å². The number of nitrogens with two attached hydrogens (primary N) is 1. The summed E-state index contributed by atoms with van der Waals surface area (Å²) in [7, 11) is -3.74. The summed E-state index contributed by atoms with van der Waals surface area (Å²) >= 11 is 0. The maximum Gasteiger partial charge on any atom is 0.261 e. The molecular formula is C20H21FN4O3S. The number of hydrogen-bond donors (Lipinski definition) is 1. The van der Waals surface area contributed by atoms with Crippen molar-refractivity contribution in [2.45, 2.75) is 31.2 Å². The summed E-state index contributed by atoms with van der Waals surface area (Å²) in [6.07, 6.45) is 3.03. The van der Waals surface area contributed by atoms with Crippen LogP contribution in [0.5, 0.6) is 0 Å². The van der Waals surface area contributed by atoms with E-state index in [0.717, 1.165) is 12.0 Å². The predicted octanol–water partition coefficient (Wildman–Crippen LogP) is 2.86. The van der Waals surface area contributed by atoms with Crippen molar-refractivity contribution < 1.29 is 17.6 Å². The molecule has 0 aromatic heterocycles. The standard InChI is InChI=1S/C20H21FN4O3S/c1-2-3-19-18(20(26)25(24-19)16-8-6-15(21)7-9-16)13-23-12-14-4-10-17(11-5-14)29(22,27)28/h4-11,13,18H,2-3,12H2,1H3,(H2,22,27,28)/t18-/m0/s1. The van der Waals surface area contributed by atoms with E-state index in [9.17, 15) is 17.6 Å². The number of benzene rings is 2. The minimum Gasteiger partial charge on any atom is -0.292 e. The molecule has 1 aliphatic rings. The molecule has 29 heavy (non-hydrogen) atoms. The number of primary sulfonamides is 1. The first-order valence-electron chi connectivity index (χ1n) is 9.08. The fraction of sp³-hybridized carbons (Fsp3) is 0.250. The van der Waals surface area contributed by atoms with Gasteiger partial charge in [0.2, 0.25) is 10.0 Å². The largest absolute Gasteiger partial charge is 0.292 e. The Labute approximate surface area is 168 Å². The van der Waals surface area contributed by atoms with Gasteiger partial charge in [-0.05, 0) is 48.4 Å². The summed E-state index contributed by atoms with van der Waals surface area (Å²) in [4.78, 5) is 17.2. The number of aliphatic imine (C=N–C) groups is 1. The lowest BCUT2D eigenvalue weighted by molar-refractivity contribution is -0.118. The number of halogens is 1. The highest BCUT2D eigenvalue weighted by Crippen LogP contribution is 2.25. The Morgan fingerprint density at radius 1 is 1.17 bits per heavy atom. The van der Waals surface area contributed by atoms with Crippen LogP contribution >= 0.6 is 0 Å². The van der Waals surface area contributed by atoms with E-state index >= 15 is 0 Å². The maximum absolute atomic E-state index is 13.2. The summed E-state index contributed by atoms with van der Waals surface area (Å²) in [5, 5.41) is 10.8. The van der Waals surface area contributed by atoms with E-state index in [4.69, 9.17) is 5.14 Å². The van der Waals surface area contributed by atoms with Crippen LogP contribution in [0.4, 0.5) is 10.1 Å². The van der Waals surface area contributed by atoms with E-state index in [0.29, 0.717) is 17.8 Å². The number of carbonyl (C=O) groups excluding carboxylic acids is 1. The number of hydrazone groups is 1. The summed E-state index contributed by atoms with van der Waals surface area (Å²) in [5.41, 5.74) is 1.98. The number of hydrogen-bond acceptors (Lipinski definition) is 5. The number of sulfonamides is 1. The molecule has 1 heterocycles. The van der Waals surface area contributed by atoms with Crippen molar-refractivity contribution in [3.05, 3.63) is 59.9 Å². The van der Waals surface area contributed by atoms with Crippen molar-refractivity contribution in [2.75, 3.05) is 5.01 Å². The number of carbonyl (C=O) groups is 1. The molecule has 3 rings (SSSR count). The van der Waals surface area contributed by atoms with Crippen LogP contribution in [-0.2, 0) is 21.4 Å². The molecule has 9 heteroatoms. The Morgan fingerprint density at radius 2 is 1.83 bits per heavy atom. The van der Waals surface area contributed by atoms with Crippen LogP contribution < -0.4 is 10.1 Å². The van der Waals surface area contributed by atoms with E-state index in [-0.39, 0.29) is 23.2 Å². The predicted molar refractivity (Wildman–Crippen MR) is 110 cm³/mol. The number of amides is 1. The molecule has 2 N–H and O–H groups in total. The molecule has 1 aliphatic heterocycles. The first kappa shape index (κ1) is 20.8. The molecule has 0 aliphatic carbocycles. The monoisotopic (exact) mass is 416 g/mol. The molecule has 0 bridgehead atoms. The molecule has 0 unspecified atom stereocenters. The Bertz CT molecular complexity index is 1050. The van der Waals surface area contributed by atoms with Gasteiger partial charge in [0.05, 0.1) is 22.8 Å². The first-order valence-corrected chi connectivity index (χ1v) is 10.6. The zero-order chi connectivity index (χ0) is 21.0. The van der Waals surface area contributed by atoms with Crippen LogP contribution in [0.2, 0.25) is 0 Å². The second-order valence-electron chi connectivity index (χ2n) is 6.62. The van der Waals surface area contributed by atoms with Gasteiger partial charge in [0, 0.05) is 6.21 Å². The molecule has 152 valence electrons. The highest BCUT2D eigenvalue weighted by Gasteiger charge is 2.34. The fourth-order valence-electron chi connectivity index (χ4n) is 2.94. The van der Waals surface area contributed by atoms with Gasteiger partial charge in [-0.3, -0.25) is 9.79 Å². The minimum atomic E-state index is -3.74. The maximum atomic E-state index is 13.2. The Kier molecular flexibility index (Phi) is 6.19. The molecule has 2 aromatic rings. The highest BCUT2D eigenvalue weighted by molar-refractivity contribution is 7.89. The third-order valence-electron chi connectivity index (χ3n) is 4.42. The molecule has 1 amide bonds. The van der Waals surface area contributed by atoms with Gasteiger partial charge in [0.25, 0.3) is 5.91 Å². The van der Waals surface area contributed by atoms with Gasteiger partial charge in [-0.2, -0.15) is 10.1 Å². The molecule has 7 nitrogen and oxygen atoms in total. The normalized spacial score (nSPS) is 17.2. The minimum absolute atomic E-state index is 0.0310. The highest BCUT2D eigenvalue weighted by atomic mass is 32.2. The number of rotatable bonds is 7. The molecule has 0 radical (unpaired) electrons. The van der Waals surface area contributed by atoms with Gasteiger partial charge in [-0.15, -0.1) is 0 Å². The zero-order valence-corrected chi connectivity index (χ0v) is 16.6. The molecule has 0 spiro atoms. The lowest BCUT2D eigenvalue weighted by Gasteiger charge is -2.12. The Morgan fingerprint density at radius 3 is 2.41 bits per heavy atom. The van der Waals surface area contributed by atoms with Crippen LogP contribution in [0.15, 0.2) is 63.5 Å². The van der Waals surface area contributed by atoms with Gasteiger partial charge in [0.1, 0.15) is 11.7 Å². The quantitative estimate of drug-likeness (QED) is 0.702. The lowest BCUT2D eigenvalue weighted by Crippen LogP contribution is -2.28. The van der Waals surface area contributed by atoms with Crippen molar-refractivity contribution in [1.29, 1.82) is 0 Å². The summed E-state index contributed by atoms with van der Waals surface area (Å²) in [5.74, 6) is -1.21. The van der Waals surface area contributed by atoms with E-state index in [1.807, 2.05) is 6.92 Å². The lowest BCUT2D eigenvalue weighted by atomic mass is 10.0. The molecule has 0 saturated carbocycles. The van der Waals surface area contributed by atoms with Crippen molar-refractivity contribution in [3.8, 4) is 0 Å². The van der Waals surface area contributed by atoms with Gasteiger partial charge in [0.15, 0.2) is 0 Å². The second kappa shape index (κ2) is 8.62. The van der Waals surface area contributed by atoms with Crippen LogP contribution in [0.25, 0.3) is 0 Å². The SMILES string of the molecule is CCCC1=NN(c2ccc(F)cc2)C(=O)[C@H]1C=NCc1ccc(S(N)(=O)=O)cc1. The second-order valence-corrected chi connectivity index (χ2v) is 8.19. The summed E-state index contributed by atoms with van der Waals surface area (Å²) in [6, 6.07) is 11.7. The Hall–Kier alpha value is -2.91. The van der Waals surface area contributed by atoms with Gasteiger partial charge < -0.3 is 0 Å². The van der Waals surface area contributed by atoms with E-state index in [1.165, 1.54) is 41.4 Å². The van der Waals surface area contributed by atoms with Crippen molar-refractivity contribution in [3.63, 3.8) is 0 Å². The Balaban J connectivity index is 1.74. The van der Waals surface area contributed by atoms with Crippen LogP contribution in [0.3, 0.4) is 0 Å². The molecular weight excluding hydrogens is 395 g/mol. The molecule has 2 aromatic carbocycles. The van der Waals surface area contributed by atoms with Crippen LogP contribution in [0, 0.1) is 11.7 Å². The average molecular weight is 416 g/mol. The smallest absolute Gasteiger partial charge is 0.261 e. The summed E-state index contributed by atoms with van der Waals surface area (Å²) in [6.45, 7) is 2.28. The molecule has 0 saturated heterocycles. The fourth-order valence-corrected chi connectivity index (χ4v) is 3.46. The topological polar surface area (TPSA) is 105 Å². The molecule has 0 fully saturated rings. The summed E-state index contributed by atoms with van der Waals surface area (Å²) < 4.78 is 35.8. The van der Waals surface area contributed by atoms with Crippen molar-refractivity contribution >= 4 is 33.5 Å². The van der Waals surface area contributed by atoms with E-state index in [2.05, 4.69) is 10.1 Å². The van der Waals surface area contributed by atoms with Gasteiger partial charge in [-0.1, -0.05) is 25.5 Å². The van der Waals surface area contributed by atoms with Gasteiger partial charge >= 0.3 is 0 Å².